The van der Waals surface area contributed by atoms with E-state index in [2.05, 4.69) is 111 Å². The molecule has 5 aromatic carbocycles. The second-order valence-corrected chi connectivity index (χ2v) is 11.4. The predicted octanol–water partition coefficient (Wildman–Crippen LogP) is 8.62. The van der Waals surface area contributed by atoms with Crippen LogP contribution in [0.15, 0.2) is 103 Å². The number of fused-ring (bicyclic) bond motifs is 6. The summed E-state index contributed by atoms with van der Waals surface area (Å²) in [7, 11) is 0. The second-order valence-electron chi connectivity index (χ2n) is 10.3. The van der Waals surface area contributed by atoms with Gasteiger partial charge in [0.1, 0.15) is 0 Å². The monoisotopic (exact) mass is 497 g/mol. The van der Waals surface area contributed by atoms with Gasteiger partial charge in [0, 0.05) is 25.6 Å². The average molecular weight is 498 g/mol. The average Bonchev–Trinajstić information content (AvgIpc) is 3.41. The molecule has 0 spiro atoms. The van der Waals surface area contributed by atoms with Crippen LogP contribution in [0.4, 0.5) is 17.1 Å². The van der Waals surface area contributed by atoms with Crippen LogP contribution in [0.2, 0.25) is 0 Å². The van der Waals surface area contributed by atoms with E-state index < -0.39 is 0 Å². The fourth-order valence-corrected chi connectivity index (χ4v) is 7.07. The molecular formula is C33H27N3S. The van der Waals surface area contributed by atoms with Gasteiger partial charge in [0.15, 0.2) is 0 Å². The van der Waals surface area contributed by atoms with Gasteiger partial charge in [-0.15, -0.1) is 11.3 Å². The standard InChI is InChI=1S/C33H27N3S/c1-33(2)26-14-5-3-11-23(26)25-18-29(28(34)19-27(25)33)36(35)21-10-7-9-20(17-21)22-13-8-16-31-32(22)24-12-4-6-15-30(24)37-31/h3-19H,34-35H2,1-2H3. The van der Waals surface area contributed by atoms with Crippen molar-refractivity contribution in [1.82, 2.24) is 0 Å². The van der Waals surface area contributed by atoms with E-state index in [1.807, 2.05) is 17.4 Å². The van der Waals surface area contributed by atoms with Gasteiger partial charge in [0.05, 0.1) is 17.1 Å². The number of nitrogens with two attached hydrogens (primary N) is 2. The van der Waals surface area contributed by atoms with E-state index in [-0.39, 0.29) is 5.41 Å². The van der Waals surface area contributed by atoms with Crippen LogP contribution in [-0.2, 0) is 5.41 Å². The van der Waals surface area contributed by atoms with Gasteiger partial charge in [-0.2, -0.15) is 0 Å². The Balaban J connectivity index is 1.35. The van der Waals surface area contributed by atoms with Crippen molar-refractivity contribution in [2.24, 2.45) is 5.84 Å². The molecule has 4 heteroatoms. The summed E-state index contributed by atoms with van der Waals surface area (Å²) in [6.45, 7) is 4.52. The smallest absolute Gasteiger partial charge is 0.0810 e. The van der Waals surface area contributed by atoms with E-state index >= 15 is 0 Å². The summed E-state index contributed by atoms with van der Waals surface area (Å²) in [6.07, 6.45) is 0. The first kappa shape index (κ1) is 22.1. The molecule has 0 amide bonds. The summed E-state index contributed by atoms with van der Waals surface area (Å²) in [5, 5.41) is 4.30. The molecule has 0 radical (unpaired) electrons. The molecule has 0 saturated carbocycles. The summed E-state index contributed by atoms with van der Waals surface area (Å²) < 4.78 is 2.59. The van der Waals surface area contributed by atoms with Crippen LogP contribution in [0.25, 0.3) is 42.4 Å². The van der Waals surface area contributed by atoms with E-state index in [9.17, 15) is 0 Å². The van der Waals surface area contributed by atoms with Crippen LogP contribution in [0.1, 0.15) is 25.0 Å². The van der Waals surface area contributed by atoms with Crippen LogP contribution in [0.3, 0.4) is 0 Å². The number of hydrazine groups is 1. The molecule has 0 bridgehead atoms. The molecule has 1 heterocycles. The molecule has 0 aliphatic heterocycles. The molecule has 0 atom stereocenters. The van der Waals surface area contributed by atoms with Crippen molar-refractivity contribution in [2.75, 3.05) is 10.7 Å². The molecule has 1 aliphatic carbocycles. The highest BCUT2D eigenvalue weighted by molar-refractivity contribution is 7.25. The largest absolute Gasteiger partial charge is 0.397 e. The normalized spacial score (nSPS) is 13.6. The molecular weight excluding hydrogens is 470 g/mol. The lowest BCUT2D eigenvalue weighted by molar-refractivity contribution is 0.660. The van der Waals surface area contributed by atoms with Gasteiger partial charge in [0.25, 0.3) is 0 Å². The number of hydrogen-bond acceptors (Lipinski definition) is 4. The lowest BCUT2D eigenvalue weighted by atomic mass is 9.82. The lowest BCUT2D eigenvalue weighted by Gasteiger charge is -2.25. The quantitative estimate of drug-likeness (QED) is 0.146. The minimum Gasteiger partial charge on any atom is -0.397 e. The maximum Gasteiger partial charge on any atom is 0.0810 e. The van der Waals surface area contributed by atoms with Crippen LogP contribution in [-0.4, -0.2) is 0 Å². The van der Waals surface area contributed by atoms with Crippen molar-refractivity contribution >= 4 is 48.6 Å². The third-order valence-corrected chi connectivity index (χ3v) is 8.96. The molecule has 1 aliphatic rings. The van der Waals surface area contributed by atoms with Gasteiger partial charge >= 0.3 is 0 Å². The van der Waals surface area contributed by atoms with Crippen molar-refractivity contribution in [3.05, 3.63) is 114 Å². The second kappa shape index (κ2) is 7.94. The summed E-state index contributed by atoms with van der Waals surface area (Å²) in [5.74, 6) is 6.78. The Morgan fingerprint density at radius 2 is 1.41 bits per heavy atom. The van der Waals surface area contributed by atoms with Crippen LogP contribution < -0.4 is 16.6 Å². The Morgan fingerprint density at radius 3 is 2.30 bits per heavy atom. The third-order valence-electron chi connectivity index (χ3n) is 7.83. The topological polar surface area (TPSA) is 55.3 Å². The summed E-state index contributed by atoms with van der Waals surface area (Å²) in [4.78, 5) is 0. The minimum absolute atomic E-state index is 0.0973. The molecule has 1 aromatic heterocycles. The maximum absolute atomic E-state index is 6.78. The number of nitrogens with zero attached hydrogens (tertiary/aromatic N) is 1. The molecule has 6 aromatic rings. The van der Waals surface area contributed by atoms with Crippen LogP contribution >= 0.6 is 11.3 Å². The van der Waals surface area contributed by atoms with Gasteiger partial charge in [-0.1, -0.05) is 80.6 Å². The van der Waals surface area contributed by atoms with E-state index in [4.69, 9.17) is 11.6 Å². The zero-order valence-electron chi connectivity index (χ0n) is 20.8. The number of nitrogen functional groups attached to an aromatic ring is 1. The Labute approximate surface area is 220 Å². The molecule has 180 valence electrons. The zero-order chi connectivity index (χ0) is 25.3. The number of benzene rings is 5. The van der Waals surface area contributed by atoms with Gasteiger partial charge in [0.2, 0.25) is 0 Å². The fraction of sp³-hybridized carbons (Fsp3) is 0.0909. The SMILES string of the molecule is CC1(C)c2ccccc2-c2cc(N(N)c3cccc(-c4cccc5sc6ccccc6c45)c3)c(N)cc21. The first-order valence-corrected chi connectivity index (χ1v) is 13.3. The van der Waals surface area contributed by atoms with E-state index in [0.717, 1.165) is 16.9 Å². The van der Waals surface area contributed by atoms with Crippen molar-refractivity contribution in [3.8, 4) is 22.3 Å². The highest BCUT2D eigenvalue weighted by Crippen LogP contribution is 2.51. The zero-order valence-corrected chi connectivity index (χ0v) is 21.6. The fourth-order valence-electron chi connectivity index (χ4n) is 5.94. The molecule has 0 unspecified atom stereocenters. The summed E-state index contributed by atoms with van der Waals surface area (Å²) >= 11 is 1.83. The Morgan fingerprint density at radius 1 is 0.676 bits per heavy atom. The van der Waals surface area contributed by atoms with Crippen molar-refractivity contribution in [2.45, 2.75) is 19.3 Å². The molecule has 7 rings (SSSR count). The summed E-state index contributed by atoms with van der Waals surface area (Å²) in [5.41, 5.74) is 16.3. The predicted molar refractivity (Wildman–Crippen MR) is 160 cm³/mol. The molecule has 4 N–H and O–H groups in total. The van der Waals surface area contributed by atoms with Crippen molar-refractivity contribution in [3.63, 3.8) is 0 Å². The highest BCUT2D eigenvalue weighted by Gasteiger charge is 2.36. The van der Waals surface area contributed by atoms with E-state index in [0.29, 0.717) is 5.69 Å². The van der Waals surface area contributed by atoms with Gasteiger partial charge in [-0.25, -0.2) is 5.84 Å². The van der Waals surface area contributed by atoms with Crippen molar-refractivity contribution in [1.29, 1.82) is 0 Å². The lowest BCUT2D eigenvalue weighted by Crippen LogP contribution is -2.26. The van der Waals surface area contributed by atoms with Crippen molar-refractivity contribution < 1.29 is 0 Å². The van der Waals surface area contributed by atoms with Crippen LogP contribution in [0.5, 0.6) is 0 Å². The Hall–Kier alpha value is -4.12. The van der Waals surface area contributed by atoms with Crippen LogP contribution in [0, 0.1) is 0 Å². The Bertz CT molecular complexity index is 1850. The Kier molecular flexibility index (Phi) is 4.74. The van der Waals surface area contributed by atoms with Gasteiger partial charge in [-0.05, 0) is 69.8 Å². The molecule has 0 saturated heterocycles. The first-order valence-electron chi connectivity index (χ1n) is 12.5. The number of hydrogen-bond donors (Lipinski definition) is 2. The maximum atomic E-state index is 6.78. The first-order chi connectivity index (χ1) is 17.9. The van der Waals surface area contributed by atoms with Gasteiger partial charge in [-0.3, -0.25) is 5.01 Å². The minimum atomic E-state index is -0.0973. The van der Waals surface area contributed by atoms with E-state index in [1.54, 1.807) is 5.01 Å². The highest BCUT2D eigenvalue weighted by atomic mass is 32.1. The molecule has 37 heavy (non-hydrogen) atoms. The number of rotatable bonds is 3. The third kappa shape index (κ3) is 3.23. The molecule has 3 nitrogen and oxygen atoms in total. The van der Waals surface area contributed by atoms with E-state index in [1.165, 1.54) is 48.0 Å². The summed E-state index contributed by atoms with van der Waals surface area (Å²) in [6, 6.07) is 36.4. The number of thiophene rings is 1. The number of anilines is 3. The molecule has 0 fully saturated rings. The van der Waals surface area contributed by atoms with Gasteiger partial charge < -0.3 is 5.73 Å².